The van der Waals surface area contributed by atoms with Crippen LogP contribution in [0.2, 0.25) is 5.02 Å². The fourth-order valence-electron chi connectivity index (χ4n) is 5.02. The van der Waals surface area contributed by atoms with Crippen LogP contribution in [0.25, 0.3) is 22.2 Å². The molecule has 2 aromatic carbocycles. The summed E-state index contributed by atoms with van der Waals surface area (Å²) in [6, 6.07) is 12.3. The molecule has 6 nitrogen and oxygen atoms in total. The summed E-state index contributed by atoms with van der Waals surface area (Å²) in [4.78, 5) is 17.4. The van der Waals surface area contributed by atoms with E-state index in [1.54, 1.807) is 6.07 Å². The lowest BCUT2D eigenvalue weighted by Gasteiger charge is -2.28. The molecule has 0 spiro atoms. The van der Waals surface area contributed by atoms with Crippen LogP contribution >= 0.6 is 11.6 Å². The Morgan fingerprint density at radius 3 is 2.74 bits per heavy atom. The standard InChI is InChI=1S/C30H30ClFN2O4/c1-17-25(27(29(35)36)38-30(2,3)4)26(19-8-10-24-18(14-19)6-5-13-37-24)22-11-12-34(28(22)33-17)16-20-7-9-21(32)15-23(20)31/h7-12,14-15,27H,5-6,13,16H2,1-4H3,(H,35,36). The molecule has 0 radical (unpaired) electrons. The number of hydrogen-bond acceptors (Lipinski definition) is 4. The Hall–Kier alpha value is -3.42. The van der Waals surface area contributed by atoms with Gasteiger partial charge in [0.15, 0.2) is 6.10 Å². The number of fused-ring (bicyclic) bond motifs is 2. The quantitative estimate of drug-likeness (QED) is 0.284. The number of carboxylic acid groups (broad SMARTS) is 1. The largest absolute Gasteiger partial charge is 0.493 e. The van der Waals surface area contributed by atoms with Crippen molar-refractivity contribution in [2.75, 3.05) is 6.61 Å². The molecule has 3 heterocycles. The Morgan fingerprint density at radius 1 is 1.24 bits per heavy atom. The molecule has 4 aromatic rings. The minimum Gasteiger partial charge on any atom is -0.493 e. The number of ether oxygens (including phenoxy) is 2. The zero-order chi connectivity index (χ0) is 27.2. The topological polar surface area (TPSA) is 73.6 Å². The number of carbonyl (C=O) groups is 1. The van der Waals surface area contributed by atoms with Gasteiger partial charge in [0.25, 0.3) is 0 Å². The number of aliphatic carboxylic acids is 1. The number of aromatic nitrogens is 2. The van der Waals surface area contributed by atoms with Crippen LogP contribution < -0.4 is 4.74 Å². The van der Waals surface area contributed by atoms with E-state index in [1.165, 1.54) is 12.1 Å². The summed E-state index contributed by atoms with van der Waals surface area (Å²) >= 11 is 6.32. The third kappa shape index (κ3) is 5.13. The van der Waals surface area contributed by atoms with Crippen LogP contribution in [0.4, 0.5) is 4.39 Å². The van der Waals surface area contributed by atoms with Gasteiger partial charge in [-0.25, -0.2) is 14.2 Å². The van der Waals surface area contributed by atoms with Crippen molar-refractivity contribution in [1.29, 1.82) is 0 Å². The molecule has 1 unspecified atom stereocenters. The van der Waals surface area contributed by atoms with Crippen LogP contribution in [0.3, 0.4) is 0 Å². The zero-order valence-corrected chi connectivity index (χ0v) is 22.6. The summed E-state index contributed by atoms with van der Waals surface area (Å²) in [6.45, 7) is 8.39. The van der Waals surface area contributed by atoms with Gasteiger partial charge in [-0.3, -0.25) is 0 Å². The van der Waals surface area contributed by atoms with E-state index < -0.39 is 23.5 Å². The van der Waals surface area contributed by atoms with Crippen LogP contribution in [0.15, 0.2) is 48.7 Å². The number of benzene rings is 2. The molecule has 1 aliphatic heterocycles. The minimum atomic E-state index is -1.22. The summed E-state index contributed by atoms with van der Waals surface area (Å²) in [6.07, 6.45) is 2.49. The third-order valence-electron chi connectivity index (χ3n) is 6.65. The maximum Gasteiger partial charge on any atom is 0.337 e. The Balaban J connectivity index is 1.74. The molecule has 0 aliphatic carbocycles. The highest BCUT2D eigenvalue weighted by atomic mass is 35.5. The number of halogens is 2. The van der Waals surface area contributed by atoms with Gasteiger partial charge >= 0.3 is 5.97 Å². The third-order valence-corrected chi connectivity index (χ3v) is 7.00. The van der Waals surface area contributed by atoms with E-state index in [1.807, 2.05) is 56.7 Å². The maximum atomic E-state index is 13.6. The second kappa shape index (κ2) is 10.0. The molecule has 1 atom stereocenters. The highest BCUT2D eigenvalue weighted by molar-refractivity contribution is 6.31. The number of nitrogens with zero attached hydrogens (tertiary/aromatic N) is 2. The van der Waals surface area contributed by atoms with Crippen molar-refractivity contribution >= 4 is 28.6 Å². The fraction of sp³-hybridized carbons (Fsp3) is 0.333. The molecule has 198 valence electrons. The van der Waals surface area contributed by atoms with E-state index in [2.05, 4.69) is 6.07 Å². The second-order valence-corrected chi connectivity index (χ2v) is 11.0. The first-order valence-electron chi connectivity index (χ1n) is 12.6. The first kappa shape index (κ1) is 26.2. The Morgan fingerprint density at radius 2 is 2.03 bits per heavy atom. The van der Waals surface area contributed by atoms with E-state index in [4.69, 9.17) is 26.1 Å². The molecule has 0 saturated carbocycles. The molecule has 1 N–H and O–H groups in total. The lowest BCUT2D eigenvalue weighted by Crippen LogP contribution is -2.28. The Kier molecular flexibility index (Phi) is 6.92. The number of rotatable bonds is 6. The fourth-order valence-corrected chi connectivity index (χ4v) is 5.25. The molecule has 0 saturated heterocycles. The average Bonchev–Trinajstić information content (AvgIpc) is 3.24. The van der Waals surface area contributed by atoms with Crippen molar-refractivity contribution in [3.8, 4) is 16.9 Å². The Bertz CT molecular complexity index is 1540. The SMILES string of the molecule is Cc1nc2c(ccn2Cc2ccc(F)cc2Cl)c(-c2ccc3c(c2)CCCO3)c1C(OC(C)(C)C)C(=O)O. The molecule has 1 aliphatic rings. The second-order valence-electron chi connectivity index (χ2n) is 10.6. The molecule has 0 amide bonds. The molecular weight excluding hydrogens is 507 g/mol. The van der Waals surface area contributed by atoms with E-state index in [9.17, 15) is 14.3 Å². The van der Waals surface area contributed by atoms with Crippen molar-refractivity contribution < 1.29 is 23.8 Å². The van der Waals surface area contributed by atoms with Gasteiger partial charge in [0, 0.05) is 33.4 Å². The number of carboxylic acids is 1. The first-order valence-corrected chi connectivity index (χ1v) is 13.0. The van der Waals surface area contributed by atoms with Crippen LogP contribution in [-0.2, 0) is 22.5 Å². The highest BCUT2D eigenvalue weighted by Crippen LogP contribution is 2.41. The molecular formula is C30H30ClFN2O4. The van der Waals surface area contributed by atoms with Gasteiger partial charge in [0.1, 0.15) is 17.2 Å². The van der Waals surface area contributed by atoms with Crippen LogP contribution in [0, 0.1) is 12.7 Å². The van der Waals surface area contributed by atoms with Crippen LogP contribution in [-0.4, -0.2) is 32.8 Å². The van der Waals surface area contributed by atoms with Crippen molar-refractivity contribution in [1.82, 2.24) is 9.55 Å². The maximum absolute atomic E-state index is 13.6. The van der Waals surface area contributed by atoms with Gasteiger partial charge in [0.2, 0.25) is 0 Å². The van der Waals surface area contributed by atoms with Crippen molar-refractivity contribution in [2.24, 2.45) is 0 Å². The predicted octanol–water partition coefficient (Wildman–Crippen LogP) is 7.12. The van der Waals surface area contributed by atoms with Gasteiger partial charge < -0.3 is 19.1 Å². The molecule has 5 rings (SSSR count). The van der Waals surface area contributed by atoms with E-state index in [0.29, 0.717) is 35.1 Å². The summed E-state index contributed by atoms with van der Waals surface area (Å²) in [5, 5.41) is 11.4. The molecule has 0 bridgehead atoms. The molecule has 0 fully saturated rings. The van der Waals surface area contributed by atoms with Gasteiger partial charge in [-0.1, -0.05) is 23.7 Å². The number of hydrogen-bond donors (Lipinski definition) is 1. The summed E-state index contributed by atoms with van der Waals surface area (Å²) in [5.74, 6) is -0.621. The van der Waals surface area contributed by atoms with Crippen molar-refractivity contribution in [3.05, 3.63) is 81.9 Å². The summed E-state index contributed by atoms with van der Waals surface area (Å²) in [5.41, 5.74) is 4.54. The van der Waals surface area contributed by atoms with Gasteiger partial charge in [-0.15, -0.1) is 0 Å². The number of aryl methyl sites for hydroxylation is 2. The van der Waals surface area contributed by atoms with Crippen LogP contribution in [0.5, 0.6) is 5.75 Å². The number of pyridine rings is 1. The monoisotopic (exact) mass is 536 g/mol. The molecule has 38 heavy (non-hydrogen) atoms. The normalized spacial score (nSPS) is 14.3. The summed E-state index contributed by atoms with van der Waals surface area (Å²) in [7, 11) is 0. The lowest BCUT2D eigenvalue weighted by atomic mass is 9.90. The zero-order valence-electron chi connectivity index (χ0n) is 21.8. The highest BCUT2D eigenvalue weighted by Gasteiger charge is 2.33. The van der Waals surface area contributed by atoms with Crippen molar-refractivity contribution in [2.45, 2.75) is 58.8 Å². The van der Waals surface area contributed by atoms with Gasteiger partial charge in [-0.05, 0) is 87.6 Å². The van der Waals surface area contributed by atoms with Gasteiger partial charge in [0.05, 0.1) is 18.8 Å². The Labute approximate surface area is 226 Å². The first-order chi connectivity index (χ1) is 18.0. The minimum absolute atomic E-state index is 0.333. The van der Waals surface area contributed by atoms with E-state index >= 15 is 0 Å². The van der Waals surface area contributed by atoms with Crippen LogP contribution in [0.1, 0.15) is 55.7 Å². The van der Waals surface area contributed by atoms with Crippen molar-refractivity contribution in [3.63, 3.8) is 0 Å². The average molecular weight is 537 g/mol. The smallest absolute Gasteiger partial charge is 0.337 e. The van der Waals surface area contributed by atoms with E-state index in [-0.39, 0.29) is 0 Å². The summed E-state index contributed by atoms with van der Waals surface area (Å²) < 4.78 is 27.5. The molecule has 8 heteroatoms. The lowest BCUT2D eigenvalue weighted by molar-refractivity contribution is -0.160. The molecule has 2 aromatic heterocycles. The predicted molar refractivity (Wildman–Crippen MR) is 145 cm³/mol. The van der Waals surface area contributed by atoms with Gasteiger partial charge in [-0.2, -0.15) is 0 Å². The van der Waals surface area contributed by atoms with E-state index in [0.717, 1.165) is 46.2 Å².